The number of esters is 1. The van der Waals surface area contributed by atoms with Gasteiger partial charge in [0.05, 0.1) is 12.7 Å². The van der Waals surface area contributed by atoms with Crippen LogP contribution in [0.5, 0.6) is 0 Å². The molecule has 0 N–H and O–H groups in total. The fourth-order valence-corrected chi connectivity index (χ4v) is 5.00. The molecule has 0 spiro atoms. The zero-order chi connectivity index (χ0) is 28.2. The number of rotatable bonds is 10. The van der Waals surface area contributed by atoms with Crippen molar-refractivity contribution >= 4 is 5.97 Å². The van der Waals surface area contributed by atoms with Crippen molar-refractivity contribution in [3.05, 3.63) is 41.2 Å². The first kappa shape index (κ1) is 36.2. The molecule has 7 heteroatoms. The van der Waals surface area contributed by atoms with Crippen LogP contribution < -0.4 is 18.9 Å². The minimum atomic E-state index is -1.02. The predicted octanol–water partition coefficient (Wildman–Crippen LogP) is 4.63. The average molecular weight is 540 g/mol. The molecule has 2 fully saturated rings. The molecule has 1 aromatic rings. The van der Waals surface area contributed by atoms with Gasteiger partial charge < -0.3 is 24.3 Å². The van der Waals surface area contributed by atoms with Gasteiger partial charge in [0.15, 0.2) is 11.9 Å². The Bertz CT molecular complexity index is 785. The topological polar surface area (TPSA) is 68.1 Å². The molecule has 2 aliphatic rings. The smallest absolute Gasteiger partial charge is 0.658 e. The van der Waals surface area contributed by atoms with E-state index >= 15 is 0 Å². The maximum atomic E-state index is 13.1. The van der Waals surface area contributed by atoms with Crippen LogP contribution in [-0.4, -0.2) is 54.9 Å². The van der Waals surface area contributed by atoms with Crippen LogP contribution in [0.25, 0.3) is 5.32 Å². The van der Waals surface area contributed by atoms with Crippen molar-refractivity contribution in [2.24, 2.45) is 5.92 Å². The number of carbonyl (C=O) groups excluding carboxylic acids is 1. The Balaban J connectivity index is 0.000000841. The third-order valence-corrected chi connectivity index (χ3v) is 6.67. The minimum absolute atomic E-state index is 0. The van der Waals surface area contributed by atoms with Crippen LogP contribution in [0.1, 0.15) is 106 Å². The van der Waals surface area contributed by atoms with Crippen LogP contribution in [0, 0.1) is 5.92 Å². The first-order chi connectivity index (χ1) is 17.9. The monoisotopic (exact) mass is 539 g/mol. The van der Waals surface area contributed by atoms with Crippen molar-refractivity contribution in [3.63, 3.8) is 0 Å². The Labute approximate surface area is 250 Å². The quantitative estimate of drug-likeness (QED) is 0.320. The van der Waals surface area contributed by atoms with Crippen molar-refractivity contribution < 1.29 is 42.6 Å². The number of benzene rings is 1. The Morgan fingerprint density at radius 2 is 1.64 bits per heavy atom. The number of carbonyl (C=O) groups is 1. The first-order valence-corrected chi connectivity index (χ1v) is 14.7. The van der Waals surface area contributed by atoms with E-state index in [1.54, 1.807) is 0 Å². The minimum Gasteiger partial charge on any atom is -0.658 e. The average Bonchev–Trinajstić information content (AvgIpc) is 2.83. The van der Waals surface area contributed by atoms with Gasteiger partial charge in [-0.25, -0.2) is 4.79 Å². The molecule has 0 amide bonds. The second-order valence-corrected chi connectivity index (χ2v) is 12.6. The van der Waals surface area contributed by atoms with E-state index < -0.39 is 11.2 Å². The summed E-state index contributed by atoms with van der Waals surface area (Å²) in [4.78, 5) is 13.1. The van der Waals surface area contributed by atoms with E-state index in [0.29, 0.717) is 31.0 Å². The fourth-order valence-electron chi connectivity index (χ4n) is 5.00. The molecule has 0 bridgehead atoms. The van der Waals surface area contributed by atoms with Crippen LogP contribution in [0.2, 0.25) is 0 Å². The van der Waals surface area contributed by atoms with Gasteiger partial charge in [-0.3, -0.25) is 0 Å². The van der Waals surface area contributed by atoms with E-state index in [4.69, 9.17) is 18.9 Å². The number of nitrogens with zero attached hydrogens (tertiary/aromatic N) is 1. The molecule has 1 aliphatic carbocycles. The van der Waals surface area contributed by atoms with Gasteiger partial charge in [0.1, 0.15) is 5.60 Å². The van der Waals surface area contributed by atoms with Crippen LogP contribution in [0.3, 0.4) is 0 Å². The maximum absolute atomic E-state index is 13.1. The Hall–Kier alpha value is -0.873. The van der Waals surface area contributed by atoms with Gasteiger partial charge in [-0.15, -0.1) is 12.1 Å². The van der Waals surface area contributed by atoms with Crippen molar-refractivity contribution in [3.8, 4) is 0 Å². The summed E-state index contributed by atoms with van der Waals surface area (Å²) in [6, 6.07) is 11.0. The van der Waals surface area contributed by atoms with Gasteiger partial charge in [-0.05, 0) is 77.7 Å². The Morgan fingerprint density at radius 3 is 2.18 bits per heavy atom. The third-order valence-electron chi connectivity index (χ3n) is 6.67. The molecule has 0 radical (unpaired) electrons. The second-order valence-electron chi connectivity index (χ2n) is 12.6. The fraction of sp³-hybridized carbons (Fsp3) is 0.781. The number of ether oxygens (including phenoxy) is 4. The number of hydrogen-bond donors (Lipinski definition) is 0. The van der Waals surface area contributed by atoms with E-state index in [-0.39, 0.29) is 37.2 Å². The van der Waals surface area contributed by atoms with Gasteiger partial charge >= 0.3 is 24.8 Å². The summed E-state index contributed by atoms with van der Waals surface area (Å²) in [7, 11) is 0. The van der Waals surface area contributed by atoms with Gasteiger partial charge in [0.2, 0.25) is 0 Å². The van der Waals surface area contributed by atoms with Gasteiger partial charge in [-0.2, -0.15) is 0 Å². The summed E-state index contributed by atoms with van der Waals surface area (Å²) < 4.78 is 24.1. The molecule has 39 heavy (non-hydrogen) atoms. The molecule has 0 aromatic heterocycles. The van der Waals surface area contributed by atoms with Crippen molar-refractivity contribution in [1.29, 1.82) is 0 Å². The summed E-state index contributed by atoms with van der Waals surface area (Å²) in [5, 5.41) is 4.28. The molecule has 1 aliphatic heterocycles. The zero-order valence-corrected chi connectivity index (χ0v) is 26.3. The molecule has 218 valence electrons. The van der Waals surface area contributed by atoms with Gasteiger partial charge in [-0.1, -0.05) is 64.4 Å². The summed E-state index contributed by atoms with van der Waals surface area (Å²) in [5.41, 5.74) is -0.507. The van der Waals surface area contributed by atoms with Gasteiger partial charge in [0.25, 0.3) is 0 Å². The summed E-state index contributed by atoms with van der Waals surface area (Å²) in [6.07, 6.45) is 8.20. The Kier molecular flexibility index (Phi) is 16.5. The molecular formula is C32H54LiNO5. The van der Waals surface area contributed by atoms with E-state index in [2.05, 4.69) is 33.0 Å². The Morgan fingerprint density at radius 1 is 0.974 bits per heavy atom. The van der Waals surface area contributed by atoms with E-state index in [9.17, 15) is 4.79 Å². The largest absolute Gasteiger partial charge is 1.00 e. The van der Waals surface area contributed by atoms with Crippen LogP contribution in [0.4, 0.5) is 0 Å². The molecule has 1 saturated carbocycles. The third kappa shape index (κ3) is 15.1. The second kappa shape index (κ2) is 17.8. The molecule has 1 saturated heterocycles. The SMILES string of the molecule is CC(C)(C)OC(=O)C(C)(Cc1ccccc1)OC[C@@H]1CCC[C@H](OC2CCCCO2)C1.CC(C)[N-]C(C)C.[Li+]. The summed E-state index contributed by atoms with van der Waals surface area (Å²) in [5.74, 6) is 0.0722. The van der Waals surface area contributed by atoms with Crippen molar-refractivity contribution in [1.82, 2.24) is 0 Å². The molecule has 4 atom stereocenters. The molecule has 3 rings (SSSR count). The van der Waals surface area contributed by atoms with Crippen LogP contribution in [0.15, 0.2) is 30.3 Å². The molecular weight excluding hydrogens is 485 g/mol. The van der Waals surface area contributed by atoms with Crippen LogP contribution in [-0.2, 0) is 30.2 Å². The molecule has 1 heterocycles. The standard InChI is InChI=1S/C26H40O5.C6H14N.Li/c1-25(2,3)31-24(27)26(4,18-20-11-6-5-7-12-20)29-19-21-13-10-14-22(17-21)30-23-15-8-9-16-28-23;1-5(2)7-6(3)4;/h5-7,11-12,21-23H,8-10,13-19H2,1-4H3;5-6H,1-4H3;/q;-1;+1/t21-,22+,23?,26?;;/m1../s1. The first-order valence-electron chi connectivity index (χ1n) is 14.7. The molecule has 2 unspecified atom stereocenters. The number of hydrogen-bond acceptors (Lipinski definition) is 5. The van der Waals surface area contributed by atoms with E-state index in [1.165, 1.54) is 6.42 Å². The summed E-state index contributed by atoms with van der Waals surface area (Å²) >= 11 is 0. The van der Waals surface area contributed by atoms with Crippen LogP contribution >= 0.6 is 0 Å². The normalized spacial score (nSPS) is 23.3. The predicted molar refractivity (Wildman–Crippen MR) is 154 cm³/mol. The summed E-state index contributed by atoms with van der Waals surface area (Å²) in [6.45, 7) is 17.3. The molecule has 6 nitrogen and oxygen atoms in total. The molecule has 1 aromatic carbocycles. The van der Waals surface area contributed by atoms with Crippen molar-refractivity contribution in [2.45, 2.75) is 142 Å². The van der Waals surface area contributed by atoms with E-state index in [1.807, 2.05) is 58.0 Å². The van der Waals surface area contributed by atoms with E-state index in [0.717, 1.165) is 50.7 Å². The maximum Gasteiger partial charge on any atom is 1.00 e. The zero-order valence-electron chi connectivity index (χ0n) is 26.3. The van der Waals surface area contributed by atoms with Gasteiger partial charge in [0, 0.05) is 13.0 Å². The van der Waals surface area contributed by atoms with Crippen molar-refractivity contribution in [2.75, 3.05) is 13.2 Å².